The lowest BCUT2D eigenvalue weighted by Gasteiger charge is -2.31. The number of fused-ring (bicyclic) bond motifs is 1. The molecule has 0 amide bonds. The van der Waals surface area contributed by atoms with Gasteiger partial charge in [0.2, 0.25) is 0 Å². The zero-order valence-electron chi connectivity index (χ0n) is 12.5. The third kappa shape index (κ3) is 2.55. The molecular formula is C16H19N5O. The van der Waals surface area contributed by atoms with Crippen molar-refractivity contribution in [1.82, 2.24) is 20.3 Å². The second kappa shape index (κ2) is 5.98. The molecule has 0 unspecified atom stereocenters. The Morgan fingerprint density at radius 2 is 1.91 bits per heavy atom. The molecule has 0 aromatic carbocycles. The number of anilines is 1. The first-order valence-electron chi connectivity index (χ1n) is 7.75. The molecule has 0 radical (unpaired) electrons. The van der Waals surface area contributed by atoms with Crippen LogP contribution in [-0.2, 0) is 17.7 Å². The molecule has 0 spiro atoms. The van der Waals surface area contributed by atoms with E-state index in [1.165, 1.54) is 11.3 Å². The summed E-state index contributed by atoms with van der Waals surface area (Å²) in [5.41, 5.74) is 3.43. The molecule has 2 aromatic heterocycles. The van der Waals surface area contributed by atoms with E-state index in [9.17, 15) is 0 Å². The molecular weight excluding hydrogens is 278 g/mol. The average Bonchev–Trinajstić information content (AvgIpc) is 2.62. The molecule has 0 saturated carbocycles. The van der Waals surface area contributed by atoms with Crippen molar-refractivity contribution in [3.8, 4) is 11.4 Å². The van der Waals surface area contributed by atoms with Crippen molar-refractivity contribution in [3.05, 3.63) is 35.8 Å². The second-order valence-electron chi connectivity index (χ2n) is 5.56. The van der Waals surface area contributed by atoms with Gasteiger partial charge in [-0.25, -0.2) is 9.97 Å². The Hall–Kier alpha value is -2.05. The fourth-order valence-corrected chi connectivity index (χ4v) is 2.99. The summed E-state index contributed by atoms with van der Waals surface area (Å²) < 4.78 is 5.47. The second-order valence-corrected chi connectivity index (χ2v) is 5.56. The Labute approximate surface area is 129 Å². The van der Waals surface area contributed by atoms with Crippen LogP contribution < -0.4 is 10.2 Å². The summed E-state index contributed by atoms with van der Waals surface area (Å²) in [6.07, 6.45) is 4.52. The Bertz CT molecular complexity index is 655. The molecule has 1 saturated heterocycles. The van der Waals surface area contributed by atoms with Gasteiger partial charge in [0.1, 0.15) is 5.82 Å². The predicted molar refractivity (Wildman–Crippen MR) is 83.7 cm³/mol. The number of rotatable bonds is 2. The third-order valence-corrected chi connectivity index (χ3v) is 4.16. The number of morpholine rings is 1. The molecule has 6 heteroatoms. The minimum Gasteiger partial charge on any atom is -0.378 e. The van der Waals surface area contributed by atoms with Crippen LogP contribution in [0.4, 0.5) is 5.82 Å². The van der Waals surface area contributed by atoms with Gasteiger partial charge >= 0.3 is 0 Å². The summed E-state index contributed by atoms with van der Waals surface area (Å²) in [5.74, 6) is 1.86. The predicted octanol–water partition coefficient (Wildman–Crippen LogP) is 1.02. The van der Waals surface area contributed by atoms with Crippen molar-refractivity contribution in [2.24, 2.45) is 0 Å². The summed E-state index contributed by atoms with van der Waals surface area (Å²) in [6.45, 7) is 5.12. The standard InChI is InChI=1S/C16H19N5O/c1-4-17-5-2-12(1)15-19-14-3-6-18-11-13(14)16(20-15)21-7-9-22-10-8-21/h1-2,4-5,18H,3,6-11H2. The molecule has 114 valence electrons. The molecule has 0 bridgehead atoms. The summed E-state index contributed by atoms with van der Waals surface area (Å²) in [4.78, 5) is 16.1. The third-order valence-electron chi connectivity index (χ3n) is 4.16. The fraction of sp³-hybridized carbons (Fsp3) is 0.438. The van der Waals surface area contributed by atoms with E-state index in [1.807, 2.05) is 12.1 Å². The molecule has 4 rings (SSSR count). The van der Waals surface area contributed by atoms with E-state index in [4.69, 9.17) is 14.7 Å². The largest absolute Gasteiger partial charge is 0.378 e. The first-order chi connectivity index (χ1) is 10.9. The van der Waals surface area contributed by atoms with E-state index in [0.717, 1.165) is 63.0 Å². The quantitative estimate of drug-likeness (QED) is 0.893. The van der Waals surface area contributed by atoms with Crippen LogP contribution >= 0.6 is 0 Å². The maximum atomic E-state index is 5.47. The maximum Gasteiger partial charge on any atom is 0.161 e. The van der Waals surface area contributed by atoms with E-state index in [-0.39, 0.29) is 0 Å². The fourth-order valence-electron chi connectivity index (χ4n) is 2.99. The minimum absolute atomic E-state index is 0.761. The summed E-state index contributed by atoms with van der Waals surface area (Å²) >= 11 is 0. The van der Waals surface area contributed by atoms with Gasteiger partial charge in [-0.2, -0.15) is 0 Å². The van der Waals surface area contributed by atoms with Crippen molar-refractivity contribution in [3.63, 3.8) is 0 Å². The van der Waals surface area contributed by atoms with Gasteiger partial charge in [0, 0.05) is 56.1 Å². The number of nitrogens with one attached hydrogen (secondary N) is 1. The van der Waals surface area contributed by atoms with Crippen LogP contribution in [0.15, 0.2) is 24.5 Å². The highest BCUT2D eigenvalue weighted by molar-refractivity contribution is 5.60. The topological polar surface area (TPSA) is 63.2 Å². The Morgan fingerprint density at radius 3 is 2.73 bits per heavy atom. The monoisotopic (exact) mass is 297 g/mol. The van der Waals surface area contributed by atoms with E-state index >= 15 is 0 Å². The highest BCUT2D eigenvalue weighted by Gasteiger charge is 2.23. The molecule has 1 fully saturated rings. The van der Waals surface area contributed by atoms with Gasteiger partial charge in [-0.1, -0.05) is 0 Å². The summed E-state index contributed by atoms with van der Waals surface area (Å²) in [7, 11) is 0. The highest BCUT2D eigenvalue weighted by Crippen LogP contribution is 2.27. The number of pyridine rings is 1. The Morgan fingerprint density at radius 1 is 1.09 bits per heavy atom. The zero-order valence-corrected chi connectivity index (χ0v) is 12.5. The van der Waals surface area contributed by atoms with Gasteiger partial charge in [-0.3, -0.25) is 4.98 Å². The van der Waals surface area contributed by atoms with E-state index in [0.29, 0.717) is 0 Å². The molecule has 4 heterocycles. The van der Waals surface area contributed by atoms with Crippen LogP contribution in [0.3, 0.4) is 0 Å². The van der Waals surface area contributed by atoms with E-state index in [2.05, 4.69) is 15.2 Å². The number of ether oxygens (including phenoxy) is 1. The molecule has 22 heavy (non-hydrogen) atoms. The lowest BCUT2D eigenvalue weighted by atomic mass is 10.1. The van der Waals surface area contributed by atoms with Crippen molar-refractivity contribution < 1.29 is 4.74 Å². The summed E-state index contributed by atoms with van der Waals surface area (Å²) in [6, 6.07) is 3.93. The lowest BCUT2D eigenvalue weighted by molar-refractivity contribution is 0.122. The number of hydrogen-bond acceptors (Lipinski definition) is 6. The van der Waals surface area contributed by atoms with Crippen molar-refractivity contribution >= 4 is 5.82 Å². The van der Waals surface area contributed by atoms with Crippen LogP contribution in [0, 0.1) is 0 Å². The highest BCUT2D eigenvalue weighted by atomic mass is 16.5. The molecule has 2 aromatic rings. The first kappa shape index (κ1) is 13.6. The van der Waals surface area contributed by atoms with Crippen LogP contribution in [0.1, 0.15) is 11.3 Å². The zero-order chi connectivity index (χ0) is 14.8. The van der Waals surface area contributed by atoms with Gasteiger partial charge in [-0.15, -0.1) is 0 Å². The smallest absolute Gasteiger partial charge is 0.161 e. The SMILES string of the molecule is c1cc(-c2nc3c(c(N4CCOCC4)n2)CNCC3)ccn1. The van der Waals surface area contributed by atoms with Crippen LogP contribution in [0.5, 0.6) is 0 Å². The van der Waals surface area contributed by atoms with Gasteiger partial charge in [-0.05, 0) is 12.1 Å². The Balaban J connectivity index is 1.80. The first-order valence-corrected chi connectivity index (χ1v) is 7.75. The molecule has 0 aliphatic carbocycles. The summed E-state index contributed by atoms with van der Waals surface area (Å²) in [5, 5.41) is 3.43. The van der Waals surface area contributed by atoms with Gasteiger partial charge in [0.05, 0.1) is 18.9 Å². The molecule has 1 N–H and O–H groups in total. The molecule has 2 aliphatic heterocycles. The van der Waals surface area contributed by atoms with Crippen LogP contribution in [0.25, 0.3) is 11.4 Å². The van der Waals surface area contributed by atoms with Crippen LogP contribution in [0.2, 0.25) is 0 Å². The van der Waals surface area contributed by atoms with Gasteiger partial charge in [0.25, 0.3) is 0 Å². The van der Waals surface area contributed by atoms with Crippen molar-refractivity contribution in [2.45, 2.75) is 13.0 Å². The van der Waals surface area contributed by atoms with Crippen LogP contribution in [-0.4, -0.2) is 47.8 Å². The van der Waals surface area contributed by atoms with E-state index < -0.39 is 0 Å². The van der Waals surface area contributed by atoms with Crippen molar-refractivity contribution in [2.75, 3.05) is 37.7 Å². The lowest BCUT2D eigenvalue weighted by Crippen LogP contribution is -2.39. The minimum atomic E-state index is 0.761. The van der Waals surface area contributed by atoms with Gasteiger partial charge in [0.15, 0.2) is 5.82 Å². The maximum absolute atomic E-state index is 5.47. The normalized spacial score (nSPS) is 18.1. The average molecular weight is 297 g/mol. The van der Waals surface area contributed by atoms with Gasteiger partial charge < -0.3 is 15.0 Å². The number of hydrogen-bond donors (Lipinski definition) is 1. The molecule has 0 atom stereocenters. The number of aromatic nitrogens is 3. The molecule has 2 aliphatic rings. The van der Waals surface area contributed by atoms with Crippen molar-refractivity contribution in [1.29, 1.82) is 0 Å². The molecule has 6 nitrogen and oxygen atoms in total. The van der Waals surface area contributed by atoms with E-state index in [1.54, 1.807) is 12.4 Å². The number of nitrogens with zero attached hydrogens (tertiary/aromatic N) is 4. The Kier molecular flexibility index (Phi) is 3.70.